The highest BCUT2D eigenvalue weighted by Crippen LogP contribution is 2.25. The van der Waals surface area contributed by atoms with Crippen LogP contribution in [-0.2, 0) is 6.54 Å². The zero-order valence-electron chi connectivity index (χ0n) is 13.7. The molecule has 0 fully saturated rings. The van der Waals surface area contributed by atoms with E-state index in [1.165, 1.54) is 0 Å². The van der Waals surface area contributed by atoms with Crippen molar-refractivity contribution in [2.24, 2.45) is 0 Å². The molecule has 25 heavy (non-hydrogen) atoms. The van der Waals surface area contributed by atoms with Gasteiger partial charge in [0.05, 0.1) is 17.8 Å². The highest BCUT2D eigenvalue weighted by molar-refractivity contribution is 6.33. The number of carbonyl (C=O) groups is 1. The summed E-state index contributed by atoms with van der Waals surface area (Å²) in [5, 5.41) is 3.48. The number of aromatic nitrogens is 1. The number of pyridine rings is 1. The molecule has 0 bridgehead atoms. The van der Waals surface area contributed by atoms with E-state index < -0.39 is 0 Å². The Hall–Kier alpha value is -2.85. The standard InChI is InChI=1S/C20H17ClN2O2/c1-25-18-7-3-2-5-16(18)13-23-20(24)15-10-8-14(9-11-15)19-17(21)6-4-12-22-19/h2-12H,13H2,1H3,(H,23,24). The van der Waals surface area contributed by atoms with Gasteiger partial charge in [-0.2, -0.15) is 0 Å². The number of nitrogens with one attached hydrogen (secondary N) is 1. The van der Waals surface area contributed by atoms with Gasteiger partial charge in [0, 0.05) is 29.4 Å². The first-order valence-electron chi connectivity index (χ1n) is 7.80. The molecule has 2 aromatic carbocycles. The molecule has 3 rings (SSSR count). The van der Waals surface area contributed by atoms with Crippen LogP contribution in [0.2, 0.25) is 5.02 Å². The number of hydrogen-bond donors (Lipinski definition) is 1. The van der Waals surface area contributed by atoms with Crippen LogP contribution in [0.4, 0.5) is 0 Å². The number of nitrogens with zero attached hydrogens (tertiary/aromatic N) is 1. The van der Waals surface area contributed by atoms with Crippen molar-refractivity contribution in [1.82, 2.24) is 10.3 Å². The lowest BCUT2D eigenvalue weighted by atomic mass is 10.1. The predicted octanol–water partition coefficient (Wildman–Crippen LogP) is 4.34. The predicted molar refractivity (Wildman–Crippen MR) is 98.8 cm³/mol. The van der Waals surface area contributed by atoms with Crippen LogP contribution in [-0.4, -0.2) is 18.0 Å². The number of amides is 1. The molecule has 3 aromatic rings. The first-order valence-corrected chi connectivity index (χ1v) is 8.18. The normalized spacial score (nSPS) is 10.3. The first kappa shape index (κ1) is 17.0. The summed E-state index contributed by atoms with van der Waals surface area (Å²) in [5.41, 5.74) is 3.07. The Morgan fingerprint density at radius 3 is 2.56 bits per heavy atom. The number of para-hydroxylation sites is 1. The van der Waals surface area contributed by atoms with E-state index in [1.54, 1.807) is 37.6 Å². The fraction of sp³-hybridized carbons (Fsp3) is 0.100. The van der Waals surface area contributed by atoms with Gasteiger partial charge >= 0.3 is 0 Å². The Labute approximate surface area is 151 Å². The van der Waals surface area contributed by atoms with E-state index >= 15 is 0 Å². The number of rotatable bonds is 5. The monoisotopic (exact) mass is 352 g/mol. The summed E-state index contributed by atoms with van der Waals surface area (Å²) < 4.78 is 5.29. The number of carbonyl (C=O) groups excluding carboxylic acids is 1. The third kappa shape index (κ3) is 3.98. The van der Waals surface area contributed by atoms with Crippen LogP contribution in [0.5, 0.6) is 5.75 Å². The van der Waals surface area contributed by atoms with Gasteiger partial charge in [-0.05, 0) is 30.3 Å². The van der Waals surface area contributed by atoms with Crippen LogP contribution in [0, 0.1) is 0 Å². The zero-order valence-corrected chi connectivity index (χ0v) is 14.5. The Balaban J connectivity index is 1.70. The van der Waals surface area contributed by atoms with Crippen LogP contribution >= 0.6 is 11.6 Å². The van der Waals surface area contributed by atoms with Crippen molar-refractivity contribution in [2.75, 3.05) is 7.11 Å². The molecule has 5 heteroatoms. The van der Waals surface area contributed by atoms with E-state index in [2.05, 4.69) is 10.3 Å². The molecular weight excluding hydrogens is 336 g/mol. The Morgan fingerprint density at radius 1 is 1.08 bits per heavy atom. The third-order valence-corrected chi connectivity index (χ3v) is 4.12. The number of hydrogen-bond acceptors (Lipinski definition) is 3. The Morgan fingerprint density at radius 2 is 1.84 bits per heavy atom. The topological polar surface area (TPSA) is 51.2 Å². The number of methoxy groups -OCH3 is 1. The molecule has 0 saturated carbocycles. The lowest BCUT2D eigenvalue weighted by molar-refractivity contribution is 0.0950. The summed E-state index contributed by atoms with van der Waals surface area (Å²) >= 11 is 6.15. The molecule has 0 saturated heterocycles. The van der Waals surface area contributed by atoms with Crippen molar-refractivity contribution in [3.63, 3.8) is 0 Å². The average molecular weight is 353 g/mol. The fourth-order valence-corrected chi connectivity index (χ4v) is 2.73. The molecule has 0 aliphatic carbocycles. The minimum absolute atomic E-state index is 0.149. The maximum atomic E-state index is 12.3. The quantitative estimate of drug-likeness (QED) is 0.743. The van der Waals surface area contributed by atoms with Gasteiger partial charge in [-0.1, -0.05) is 41.9 Å². The molecule has 1 amide bonds. The largest absolute Gasteiger partial charge is 0.496 e. The van der Waals surface area contributed by atoms with Crippen LogP contribution in [0.15, 0.2) is 66.9 Å². The highest BCUT2D eigenvalue weighted by Gasteiger charge is 2.09. The Kier molecular flexibility index (Phi) is 5.31. The van der Waals surface area contributed by atoms with E-state index in [1.807, 2.05) is 36.4 Å². The molecule has 0 unspecified atom stereocenters. The van der Waals surface area contributed by atoms with Crippen molar-refractivity contribution in [1.29, 1.82) is 0 Å². The van der Waals surface area contributed by atoms with Gasteiger partial charge in [0.25, 0.3) is 5.91 Å². The van der Waals surface area contributed by atoms with Gasteiger partial charge in [0.1, 0.15) is 5.75 Å². The van der Waals surface area contributed by atoms with Gasteiger partial charge in [-0.15, -0.1) is 0 Å². The molecule has 0 radical (unpaired) electrons. The average Bonchev–Trinajstić information content (AvgIpc) is 2.67. The lowest BCUT2D eigenvalue weighted by Gasteiger charge is -2.10. The van der Waals surface area contributed by atoms with Gasteiger partial charge < -0.3 is 10.1 Å². The highest BCUT2D eigenvalue weighted by atomic mass is 35.5. The molecule has 0 aliphatic rings. The summed E-state index contributed by atoms with van der Waals surface area (Å²) in [6.45, 7) is 0.399. The van der Waals surface area contributed by atoms with Crippen LogP contribution in [0.1, 0.15) is 15.9 Å². The molecule has 0 atom stereocenters. The molecule has 1 aromatic heterocycles. The summed E-state index contributed by atoms with van der Waals surface area (Å²) in [5.74, 6) is 0.604. The van der Waals surface area contributed by atoms with Crippen LogP contribution in [0.25, 0.3) is 11.3 Å². The van der Waals surface area contributed by atoms with Gasteiger partial charge in [0.2, 0.25) is 0 Å². The fourth-order valence-electron chi connectivity index (χ4n) is 2.50. The molecule has 4 nitrogen and oxygen atoms in total. The van der Waals surface area contributed by atoms with E-state index in [0.29, 0.717) is 22.8 Å². The van der Waals surface area contributed by atoms with Crippen molar-refractivity contribution in [3.05, 3.63) is 83.0 Å². The van der Waals surface area contributed by atoms with Crippen molar-refractivity contribution < 1.29 is 9.53 Å². The van der Waals surface area contributed by atoms with Crippen molar-refractivity contribution in [3.8, 4) is 17.0 Å². The summed E-state index contributed by atoms with van der Waals surface area (Å²) in [6, 6.07) is 18.4. The van der Waals surface area contributed by atoms with E-state index in [9.17, 15) is 4.79 Å². The van der Waals surface area contributed by atoms with Crippen molar-refractivity contribution in [2.45, 2.75) is 6.54 Å². The van der Waals surface area contributed by atoms with Gasteiger partial charge in [0.15, 0.2) is 0 Å². The second-order valence-corrected chi connectivity index (χ2v) is 5.81. The molecule has 0 aliphatic heterocycles. The smallest absolute Gasteiger partial charge is 0.251 e. The summed E-state index contributed by atoms with van der Waals surface area (Å²) in [4.78, 5) is 16.6. The molecule has 1 N–H and O–H groups in total. The number of halogens is 1. The summed E-state index contributed by atoms with van der Waals surface area (Å²) in [6.07, 6.45) is 1.69. The minimum Gasteiger partial charge on any atom is -0.496 e. The molecule has 126 valence electrons. The second kappa shape index (κ2) is 7.81. The third-order valence-electron chi connectivity index (χ3n) is 3.81. The maximum absolute atomic E-state index is 12.3. The van der Waals surface area contributed by atoms with E-state index in [4.69, 9.17) is 16.3 Å². The molecule has 0 spiro atoms. The van der Waals surface area contributed by atoms with Crippen LogP contribution in [0.3, 0.4) is 0 Å². The first-order chi connectivity index (χ1) is 12.2. The number of ether oxygens (including phenoxy) is 1. The summed E-state index contributed by atoms with van der Waals surface area (Å²) in [7, 11) is 1.61. The Bertz CT molecular complexity index is 879. The van der Waals surface area contributed by atoms with Gasteiger partial charge in [-0.3, -0.25) is 9.78 Å². The van der Waals surface area contributed by atoms with Gasteiger partial charge in [-0.25, -0.2) is 0 Å². The van der Waals surface area contributed by atoms with E-state index in [-0.39, 0.29) is 5.91 Å². The second-order valence-electron chi connectivity index (χ2n) is 5.41. The zero-order chi connectivity index (χ0) is 17.6. The molecular formula is C20H17ClN2O2. The SMILES string of the molecule is COc1ccccc1CNC(=O)c1ccc(-c2ncccc2Cl)cc1. The minimum atomic E-state index is -0.149. The van der Waals surface area contributed by atoms with Crippen LogP contribution < -0.4 is 10.1 Å². The van der Waals surface area contributed by atoms with Crippen molar-refractivity contribution >= 4 is 17.5 Å². The molecule has 1 heterocycles. The lowest BCUT2D eigenvalue weighted by Crippen LogP contribution is -2.22. The maximum Gasteiger partial charge on any atom is 0.251 e. The number of benzene rings is 2. The van der Waals surface area contributed by atoms with E-state index in [0.717, 1.165) is 16.9 Å².